The van der Waals surface area contributed by atoms with Crippen LogP contribution in [0.15, 0.2) is 4.99 Å². The average Bonchev–Trinajstić information content (AvgIpc) is 2.38. The lowest BCUT2D eigenvalue weighted by Gasteiger charge is -1.88. The van der Waals surface area contributed by atoms with Crippen molar-refractivity contribution in [2.45, 2.75) is 0 Å². The third kappa shape index (κ3) is 2.87. The monoisotopic (exact) mass is 163 g/mol. The molecule has 6 heteroatoms. The molecule has 2 aliphatic rings. The first-order valence-corrected chi connectivity index (χ1v) is 3.94. The molecule has 5 nitrogen and oxygen atoms in total. The van der Waals surface area contributed by atoms with Crippen LogP contribution in [0.4, 0.5) is 0 Å². The molecule has 0 aromatic rings. The van der Waals surface area contributed by atoms with E-state index in [1.54, 1.807) is 6.34 Å². The van der Waals surface area contributed by atoms with Gasteiger partial charge in [-0.25, -0.2) is 0 Å². The van der Waals surface area contributed by atoms with Gasteiger partial charge in [-0.1, -0.05) is 9.05 Å². The molecular weight excluding hydrogens is 155 g/mol. The summed E-state index contributed by atoms with van der Waals surface area (Å²) in [5.74, 6) is 0. The Hall–Kier alpha value is -0.510. The summed E-state index contributed by atoms with van der Waals surface area (Å²) in [6.07, 6.45) is 1.74. The molecule has 1 N–H and O–H groups in total. The number of nitrogens with zero attached hydrogens (tertiary/aromatic N) is 1. The largest absolute Gasteiger partial charge is 0.702 e. The average molecular weight is 163 g/mol. The van der Waals surface area contributed by atoms with Crippen molar-refractivity contribution in [3.63, 3.8) is 0 Å². The maximum atomic E-state index is 9.60. The van der Waals surface area contributed by atoms with Gasteiger partial charge in [0.05, 0.1) is 12.9 Å². The minimum Gasteiger partial charge on any atom is -0.375 e. The fraction of sp³-hybridized carbons (Fsp3) is 0.750. The predicted molar refractivity (Wildman–Crippen MR) is 36.0 cm³/mol. The molecule has 0 amide bonds. The van der Waals surface area contributed by atoms with Gasteiger partial charge in [-0.2, -0.15) is 0 Å². The SMILES string of the molecule is C1=NCCN1.O=[P+]1OCO1. The van der Waals surface area contributed by atoms with Crippen LogP contribution in [0.3, 0.4) is 0 Å². The molecule has 0 bridgehead atoms. The molecule has 0 aliphatic carbocycles. The second kappa shape index (κ2) is 4.33. The van der Waals surface area contributed by atoms with E-state index in [0.29, 0.717) is 0 Å². The van der Waals surface area contributed by atoms with Gasteiger partial charge in [0.2, 0.25) is 0 Å². The van der Waals surface area contributed by atoms with E-state index in [-0.39, 0.29) is 6.79 Å². The second-order valence-electron chi connectivity index (χ2n) is 1.59. The predicted octanol–water partition coefficient (Wildman–Crippen LogP) is 0.266. The van der Waals surface area contributed by atoms with Crippen LogP contribution in [-0.4, -0.2) is 26.2 Å². The molecule has 0 saturated carbocycles. The molecule has 2 rings (SSSR count). The topological polar surface area (TPSA) is 59.9 Å². The summed E-state index contributed by atoms with van der Waals surface area (Å²) in [5.41, 5.74) is 0. The van der Waals surface area contributed by atoms with E-state index in [1.807, 2.05) is 0 Å². The molecule has 2 heterocycles. The van der Waals surface area contributed by atoms with Gasteiger partial charge in [-0.05, 0) is 0 Å². The molecule has 0 radical (unpaired) electrons. The van der Waals surface area contributed by atoms with Crippen molar-refractivity contribution in [2.24, 2.45) is 4.99 Å². The zero-order valence-electron chi connectivity index (χ0n) is 5.32. The molecule has 0 aromatic heterocycles. The number of rotatable bonds is 0. The van der Waals surface area contributed by atoms with Crippen LogP contribution in [0.5, 0.6) is 0 Å². The van der Waals surface area contributed by atoms with Gasteiger partial charge in [0, 0.05) is 11.1 Å². The fourth-order valence-electron chi connectivity index (χ4n) is 0.418. The van der Waals surface area contributed by atoms with Crippen molar-refractivity contribution in [2.75, 3.05) is 19.9 Å². The van der Waals surface area contributed by atoms with Gasteiger partial charge in [0.1, 0.15) is 0 Å². The van der Waals surface area contributed by atoms with Gasteiger partial charge in [0.15, 0.2) is 0 Å². The lowest BCUT2D eigenvalue weighted by molar-refractivity contribution is 0.0270. The van der Waals surface area contributed by atoms with Crippen molar-refractivity contribution in [3.8, 4) is 0 Å². The van der Waals surface area contributed by atoms with Crippen LogP contribution in [0.25, 0.3) is 0 Å². The van der Waals surface area contributed by atoms with Crippen molar-refractivity contribution in [1.82, 2.24) is 5.32 Å². The van der Waals surface area contributed by atoms with Crippen LogP contribution in [0, 0.1) is 0 Å². The number of nitrogens with one attached hydrogen (secondary N) is 1. The first-order chi connectivity index (χ1) is 4.89. The van der Waals surface area contributed by atoms with E-state index in [1.165, 1.54) is 0 Å². The molecule has 1 saturated heterocycles. The van der Waals surface area contributed by atoms with E-state index in [0.717, 1.165) is 13.1 Å². The molecule has 0 aromatic carbocycles. The number of hydrogen-bond donors (Lipinski definition) is 1. The van der Waals surface area contributed by atoms with Crippen molar-refractivity contribution >= 4 is 14.6 Å². The van der Waals surface area contributed by atoms with E-state index in [4.69, 9.17) is 0 Å². The summed E-state index contributed by atoms with van der Waals surface area (Å²) in [6.45, 7) is 2.19. The lowest BCUT2D eigenvalue weighted by atomic mass is 10.7. The van der Waals surface area contributed by atoms with Crippen molar-refractivity contribution in [1.29, 1.82) is 0 Å². The number of aliphatic imine (C=N–C) groups is 1. The Labute approximate surface area is 59.4 Å². The van der Waals surface area contributed by atoms with E-state index >= 15 is 0 Å². The van der Waals surface area contributed by atoms with E-state index < -0.39 is 8.25 Å². The summed E-state index contributed by atoms with van der Waals surface area (Å²) in [5, 5.41) is 2.93. The van der Waals surface area contributed by atoms with Crippen LogP contribution in [0.1, 0.15) is 0 Å². The highest BCUT2D eigenvalue weighted by atomic mass is 31.1. The molecule has 56 valence electrons. The van der Waals surface area contributed by atoms with Gasteiger partial charge < -0.3 is 5.32 Å². The standard InChI is InChI=1S/C3H6N2.CH2O3P/c1-2-5-3-4-1;2-5-3-1-4-5/h3H,1-2H2,(H,4,5);1H2/q;+1. The maximum absolute atomic E-state index is 9.60. The molecular formula is C4H8N2O3P+. The Morgan fingerprint density at radius 3 is 2.40 bits per heavy atom. The highest BCUT2D eigenvalue weighted by molar-refractivity contribution is 7.34. The number of hydrogen-bond acceptors (Lipinski definition) is 5. The summed E-state index contributed by atoms with van der Waals surface area (Å²) < 4.78 is 18.0. The molecule has 0 spiro atoms. The molecule has 2 aliphatic heterocycles. The van der Waals surface area contributed by atoms with Gasteiger partial charge in [-0.15, -0.1) is 0 Å². The minimum absolute atomic E-state index is 0.204. The normalized spacial score (nSPS) is 20.6. The van der Waals surface area contributed by atoms with Crippen LogP contribution >= 0.6 is 8.25 Å². The zero-order valence-corrected chi connectivity index (χ0v) is 6.21. The smallest absolute Gasteiger partial charge is 0.375 e. The highest BCUT2D eigenvalue weighted by Crippen LogP contribution is 2.32. The zero-order chi connectivity index (χ0) is 7.23. The quantitative estimate of drug-likeness (QED) is 0.520. The first-order valence-electron chi connectivity index (χ1n) is 2.84. The first kappa shape index (κ1) is 7.60. The van der Waals surface area contributed by atoms with Crippen LogP contribution < -0.4 is 5.32 Å². The van der Waals surface area contributed by atoms with Crippen molar-refractivity contribution < 1.29 is 13.6 Å². The van der Waals surface area contributed by atoms with Gasteiger partial charge in [0.25, 0.3) is 6.79 Å². The Morgan fingerprint density at radius 2 is 2.30 bits per heavy atom. The lowest BCUT2D eigenvalue weighted by Crippen LogP contribution is -2.04. The summed E-state index contributed by atoms with van der Waals surface area (Å²) in [6, 6.07) is 0. The third-order valence-electron chi connectivity index (χ3n) is 0.884. The molecule has 0 unspecified atom stereocenters. The van der Waals surface area contributed by atoms with Crippen LogP contribution in [-0.2, 0) is 13.6 Å². The molecule has 1 fully saturated rings. The molecule has 10 heavy (non-hydrogen) atoms. The minimum atomic E-state index is -1.67. The third-order valence-corrected chi connectivity index (χ3v) is 1.52. The Kier molecular flexibility index (Phi) is 3.29. The maximum Gasteiger partial charge on any atom is 0.702 e. The summed E-state index contributed by atoms with van der Waals surface area (Å²) in [7, 11) is -1.67. The second-order valence-corrected chi connectivity index (χ2v) is 2.55. The van der Waals surface area contributed by atoms with E-state index in [9.17, 15) is 4.57 Å². The molecule has 0 atom stereocenters. The van der Waals surface area contributed by atoms with Crippen LogP contribution in [0.2, 0.25) is 0 Å². The van der Waals surface area contributed by atoms with Crippen molar-refractivity contribution in [3.05, 3.63) is 0 Å². The Bertz CT molecular complexity index is 137. The Morgan fingerprint density at radius 1 is 1.60 bits per heavy atom. The summed E-state index contributed by atoms with van der Waals surface area (Å²) >= 11 is 0. The van der Waals surface area contributed by atoms with E-state index in [2.05, 4.69) is 19.4 Å². The highest BCUT2D eigenvalue weighted by Gasteiger charge is 2.32. The van der Waals surface area contributed by atoms with Gasteiger partial charge in [-0.3, -0.25) is 4.99 Å². The summed E-state index contributed by atoms with van der Waals surface area (Å²) in [4.78, 5) is 3.85. The Balaban J connectivity index is 0.0000001000. The van der Waals surface area contributed by atoms with Gasteiger partial charge >= 0.3 is 8.25 Å². The fourth-order valence-corrected chi connectivity index (χ4v) is 0.610.